The molecule has 0 N–H and O–H groups in total. The van der Waals surface area contributed by atoms with Crippen LogP contribution in [0.3, 0.4) is 0 Å². The van der Waals surface area contributed by atoms with Crippen LogP contribution >= 0.6 is 0 Å². The van der Waals surface area contributed by atoms with Gasteiger partial charge in [0.1, 0.15) is 0 Å². The van der Waals surface area contributed by atoms with Crippen molar-refractivity contribution >= 4 is 5.78 Å². The van der Waals surface area contributed by atoms with E-state index < -0.39 is 0 Å². The van der Waals surface area contributed by atoms with Crippen molar-refractivity contribution in [3.8, 4) is 11.3 Å². The summed E-state index contributed by atoms with van der Waals surface area (Å²) in [7, 11) is 0. The van der Waals surface area contributed by atoms with Crippen LogP contribution in [0.4, 0.5) is 0 Å². The number of hydrogen-bond acceptors (Lipinski definition) is 1. The smallest absolute Gasteiger partial charge is 0.179 e. The predicted octanol–water partition coefficient (Wildman–Crippen LogP) is 4.08. The summed E-state index contributed by atoms with van der Waals surface area (Å²) < 4.78 is 2.19. The van der Waals surface area contributed by atoms with Gasteiger partial charge in [0, 0.05) is 24.2 Å². The van der Waals surface area contributed by atoms with Gasteiger partial charge in [-0.2, -0.15) is 0 Å². The Morgan fingerprint density at radius 3 is 2.89 bits per heavy atom. The summed E-state index contributed by atoms with van der Waals surface area (Å²) in [5.41, 5.74) is 4.75. The second kappa shape index (κ2) is 5.04. The first-order chi connectivity index (χ1) is 9.31. The number of Topliss-reactive ketones (excluding diaryl/α,β-unsaturated/α-hetero) is 1. The Kier molecular flexibility index (Phi) is 3.24. The van der Waals surface area contributed by atoms with Gasteiger partial charge in [-0.1, -0.05) is 37.6 Å². The largest absolute Gasteiger partial charge is 0.338 e. The highest BCUT2D eigenvalue weighted by atomic mass is 16.1. The van der Waals surface area contributed by atoms with Crippen molar-refractivity contribution in [2.75, 3.05) is 0 Å². The quantitative estimate of drug-likeness (QED) is 0.752. The average Bonchev–Trinajstić information content (AvgIpc) is 2.89. The molecule has 1 aromatic heterocycles. The molecule has 2 heteroatoms. The number of benzene rings is 1. The molecule has 0 unspecified atom stereocenters. The first kappa shape index (κ1) is 12.2. The van der Waals surface area contributed by atoms with Crippen LogP contribution in [0.25, 0.3) is 11.3 Å². The van der Waals surface area contributed by atoms with Crippen LogP contribution in [0.15, 0.2) is 36.4 Å². The fourth-order valence-corrected chi connectivity index (χ4v) is 2.87. The number of ketones is 1. The molecule has 1 aromatic carbocycles. The normalized spacial score (nSPS) is 12.9. The van der Waals surface area contributed by atoms with E-state index in [1.54, 1.807) is 0 Å². The van der Waals surface area contributed by atoms with Crippen molar-refractivity contribution in [3.63, 3.8) is 0 Å². The minimum atomic E-state index is 0.285. The molecule has 19 heavy (non-hydrogen) atoms. The SMILES string of the molecule is CCCCC(=O)c1ccc2n1CCc1ccccc1-2. The van der Waals surface area contributed by atoms with Crippen molar-refractivity contribution < 1.29 is 4.79 Å². The van der Waals surface area contributed by atoms with Crippen molar-refractivity contribution in [2.24, 2.45) is 0 Å². The second-order valence-corrected chi connectivity index (χ2v) is 5.19. The van der Waals surface area contributed by atoms with Gasteiger partial charge in [-0.05, 0) is 30.5 Å². The first-order valence-corrected chi connectivity index (χ1v) is 7.12. The zero-order chi connectivity index (χ0) is 13.2. The molecule has 2 nitrogen and oxygen atoms in total. The fraction of sp³-hybridized carbons (Fsp3) is 0.353. The predicted molar refractivity (Wildman–Crippen MR) is 77.4 cm³/mol. The van der Waals surface area contributed by atoms with Gasteiger partial charge in [-0.25, -0.2) is 0 Å². The maximum absolute atomic E-state index is 12.2. The van der Waals surface area contributed by atoms with Gasteiger partial charge in [0.25, 0.3) is 0 Å². The van der Waals surface area contributed by atoms with Crippen LogP contribution in [0.5, 0.6) is 0 Å². The molecule has 0 fully saturated rings. The van der Waals surface area contributed by atoms with E-state index in [1.807, 2.05) is 6.07 Å². The molecule has 1 aliphatic rings. The van der Waals surface area contributed by atoms with Crippen molar-refractivity contribution in [1.82, 2.24) is 4.57 Å². The van der Waals surface area contributed by atoms with E-state index in [2.05, 4.69) is 41.8 Å². The van der Waals surface area contributed by atoms with Crippen LogP contribution in [0.2, 0.25) is 0 Å². The van der Waals surface area contributed by atoms with Crippen molar-refractivity contribution in [2.45, 2.75) is 39.2 Å². The number of aryl methyl sites for hydroxylation is 1. The molecule has 0 bridgehead atoms. The molecular formula is C17H19NO. The van der Waals surface area contributed by atoms with Crippen molar-refractivity contribution in [3.05, 3.63) is 47.7 Å². The lowest BCUT2D eigenvalue weighted by Gasteiger charge is -2.21. The summed E-state index contributed by atoms with van der Waals surface area (Å²) in [6.07, 6.45) is 3.74. The lowest BCUT2D eigenvalue weighted by atomic mass is 9.99. The molecule has 98 valence electrons. The molecule has 1 aliphatic heterocycles. The third kappa shape index (κ3) is 2.12. The molecule has 2 aromatic rings. The summed E-state index contributed by atoms with van der Waals surface area (Å²) in [6, 6.07) is 12.6. The van der Waals surface area contributed by atoms with Crippen LogP contribution in [0.1, 0.15) is 42.2 Å². The maximum atomic E-state index is 12.2. The van der Waals surface area contributed by atoms with E-state index in [9.17, 15) is 4.79 Å². The molecule has 0 saturated heterocycles. The zero-order valence-electron chi connectivity index (χ0n) is 11.4. The summed E-state index contributed by atoms with van der Waals surface area (Å²) in [4.78, 5) is 12.2. The van der Waals surface area contributed by atoms with E-state index >= 15 is 0 Å². The Balaban J connectivity index is 1.97. The standard InChI is InChI=1S/C17H19NO/c1-2-3-8-17(19)16-10-9-15-14-7-5-4-6-13(14)11-12-18(15)16/h4-7,9-10H,2-3,8,11-12H2,1H3. The average molecular weight is 253 g/mol. The molecular weight excluding hydrogens is 234 g/mol. The number of carbonyl (C=O) groups excluding carboxylic acids is 1. The molecule has 0 radical (unpaired) electrons. The lowest BCUT2D eigenvalue weighted by Crippen LogP contribution is -2.15. The Bertz CT molecular complexity index is 609. The number of unbranched alkanes of at least 4 members (excludes halogenated alkanes) is 1. The third-order valence-electron chi connectivity index (χ3n) is 3.92. The Hall–Kier alpha value is -1.83. The van der Waals surface area contributed by atoms with Gasteiger partial charge >= 0.3 is 0 Å². The highest BCUT2D eigenvalue weighted by Crippen LogP contribution is 2.31. The lowest BCUT2D eigenvalue weighted by molar-refractivity contribution is 0.0970. The van der Waals surface area contributed by atoms with Crippen LogP contribution in [-0.4, -0.2) is 10.4 Å². The molecule has 0 aliphatic carbocycles. The van der Waals surface area contributed by atoms with E-state index in [0.29, 0.717) is 6.42 Å². The number of hydrogen-bond donors (Lipinski definition) is 0. The summed E-state index contributed by atoms with van der Waals surface area (Å²) in [6.45, 7) is 3.05. The van der Waals surface area contributed by atoms with E-state index in [1.165, 1.54) is 16.8 Å². The second-order valence-electron chi connectivity index (χ2n) is 5.19. The number of aromatic nitrogens is 1. The van der Waals surface area contributed by atoms with Gasteiger partial charge in [-0.3, -0.25) is 4.79 Å². The molecule has 3 rings (SSSR count). The zero-order valence-corrected chi connectivity index (χ0v) is 11.4. The molecule has 0 atom stereocenters. The third-order valence-corrected chi connectivity index (χ3v) is 3.92. The molecule has 0 saturated carbocycles. The van der Waals surface area contributed by atoms with E-state index in [-0.39, 0.29) is 5.78 Å². The van der Waals surface area contributed by atoms with Crippen LogP contribution in [0, 0.1) is 0 Å². The Morgan fingerprint density at radius 2 is 2.05 bits per heavy atom. The molecule has 2 heterocycles. The fourth-order valence-electron chi connectivity index (χ4n) is 2.87. The minimum Gasteiger partial charge on any atom is -0.338 e. The maximum Gasteiger partial charge on any atom is 0.179 e. The Morgan fingerprint density at radius 1 is 1.21 bits per heavy atom. The molecule has 0 spiro atoms. The number of rotatable bonds is 4. The van der Waals surface area contributed by atoms with Crippen molar-refractivity contribution in [1.29, 1.82) is 0 Å². The van der Waals surface area contributed by atoms with Gasteiger partial charge in [-0.15, -0.1) is 0 Å². The summed E-state index contributed by atoms with van der Waals surface area (Å²) in [5.74, 6) is 0.285. The highest BCUT2D eigenvalue weighted by Gasteiger charge is 2.20. The highest BCUT2D eigenvalue weighted by molar-refractivity contribution is 5.96. The van der Waals surface area contributed by atoms with Gasteiger partial charge in [0.05, 0.1) is 5.69 Å². The summed E-state index contributed by atoms with van der Waals surface area (Å²) >= 11 is 0. The molecule has 0 amide bonds. The summed E-state index contributed by atoms with van der Waals surface area (Å²) in [5, 5.41) is 0. The van der Waals surface area contributed by atoms with E-state index in [0.717, 1.165) is 31.5 Å². The topological polar surface area (TPSA) is 22.0 Å². The van der Waals surface area contributed by atoms with Gasteiger partial charge in [0.2, 0.25) is 0 Å². The number of fused-ring (bicyclic) bond motifs is 3. The monoisotopic (exact) mass is 253 g/mol. The number of nitrogens with zero attached hydrogens (tertiary/aromatic N) is 1. The van der Waals surface area contributed by atoms with Gasteiger partial charge < -0.3 is 4.57 Å². The van der Waals surface area contributed by atoms with Crippen LogP contribution in [-0.2, 0) is 13.0 Å². The minimum absolute atomic E-state index is 0.285. The van der Waals surface area contributed by atoms with Crippen LogP contribution < -0.4 is 0 Å². The first-order valence-electron chi connectivity index (χ1n) is 7.12. The Labute approximate surface area is 114 Å². The van der Waals surface area contributed by atoms with Gasteiger partial charge in [0.15, 0.2) is 5.78 Å². The number of carbonyl (C=O) groups is 1. The van der Waals surface area contributed by atoms with E-state index in [4.69, 9.17) is 0 Å².